The molecule has 2 saturated heterocycles. The van der Waals surface area contributed by atoms with Crippen LogP contribution in [0.1, 0.15) is 18.7 Å². The van der Waals surface area contributed by atoms with Crippen LogP contribution in [0.2, 0.25) is 0 Å². The number of imidazole rings is 1. The minimum absolute atomic E-state index is 0.266. The molecule has 2 fully saturated rings. The molecule has 1 spiro atoms. The Labute approximate surface area is 101 Å². The van der Waals surface area contributed by atoms with Crippen molar-refractivity contribution in [2.24, 2.45) is 7.05 Å². The first-order chi connectivity index (χ1) is 8.27. The Morgan fingerprint density at radius 3 is 2.59 bits per heavy atom. The quantitative estimate of drug-likeness (QED) is 0.761. The first kappa shape index (κ1) is 11.2. The molecule has 0 bridgehead atoms. The number of hydrogen-bond acceptors (Lipinski definition) is 4. The second-order valence-corrected chi connectivity index (χ2v) is 4.84. The normalized spacial score (nSPS) is 24.5. The van der Waals surface area contributed by atoms with Crippen LogP contribution < -0.4 is 0 Å². The highest BCUT2D eigenvalue weighted by atomic mass is 16.7. The lowest BCUT2D eigenvalue weighted by atomic mass is 10.0. The van der Waals surface area contributed by atoms with Crippen LogP contribution in [0.25, 0.3) is 0 Å². The first-order valence-electron chi connectivity index (χ1n) is 6.24. The Balaban J connectivity index is 1.56. The van der Waals surface area contributed by atoms with Crippen molar-refractivity contribution in [2.75, 3.05) is 26.3 Å². The van der Waals surface area contributed by atoms with Gasteiger partial charge >= 0.3 is 0 Å². The SMILES string of the molecule is Cn1ccnc1CN1CCC2(CC1)OCCO2. The highest BCUT2D eigenvalue weighted by Crippen LogP contribution is 2.31. The van der Waals surface area contributed by atoms with E-state index in [0.29, 0.717) is 0 Å². The Morgan fingerprint density at radius 2 is 2.00 bits per heavy atom. The van der Waals surface area contributed by atoms with Crippen molar-refractivity contribution >= 4 is 0 Å². The van der Waals surface area contributed by atoms with Crippen molar-refractivity contribution in [1.82, 2.24) is 14.5 Å². The lowest BCUT2D eigenvalue weighted by Gasteiger charge is -2.37. The Bertz CT molecular complexity index is 375. The largest absolute Gasteiger partial charge is 0.347 e. The molecule has 2 aliphatic heterocycles. The van der Waals surface area contributed by atoms with Gasteiger partial charge in [-0.3, -0.25) is 4.90 Å². The zero-order valence-electron chi connectivity index (χ0n) is 10.3. The molecule has 0 unspecified atom stereocenters. The molecule has 1 aromatic heterocycles. The van der Waals surface area contributed by atoms with E-state index in [1.54, 1.807) is 0 Å². The molecule has 94 valence electrons. The maximum absolute atomic E-state index is 5.72. The fourth-order valence-corrected chi connectivity index (χ4v) is 2.59. The lowest BCUT2D eigenvalue weighted by Crippen LogP contribution is -2.44. The lowest BCUT2D eigenvalue weighted by molar-refractivity contribution is -0.186. The summed E-state index contributed by atoms with van der Waals surface area (Å²) in [6, 6.07) is 0. The Hall–Kier alpha value is -0.910. The molecule has 0 radical (unpaired) electrons. The Morgan fingerprint density at radius 1 is 1.29 bits per heavy atom. The maximum Gasteiger partial charge on any atom is 0.170 e. The van der Waals surface area contributed by atoms with Gasteiger partial charge in [-0.15, -0.1) is 0 Å². The van der Waals surface area contributed by atoms with Gasteiger partial charge in [0.1, 0.15) is 5.82 Å². The van der Waals surface area contributed by atoms with Crippen LogP contribution in [0.15, 0.2) is 12.4 Å². The summed E-state index contributed by atoms with van der Waals surface area (Å²) in [6.45, 7) is 4.46. The number of rotatable bonds is 2. The van der Waals surface area contributed by atoms with E-state index in [1.165, 1.54) is 0 Å². The molecule has 0 amide bonds. The summed E-state index contributed by atoms with van der Waals surface area (Å²) in [5.41, 5.74) is 0. The van der Waals surface area contributed by atoms with E-state index in [2.05, 4.69) is 14.5 Å². The molecule has 17 heavy (non-hydrogen) atoms. The van der Waals surface area contributed by atoms with Crippen LogP contribution in [0.3, 0.4) is 0 Å². The van der Waals surface area contributed by atoms with Gasteiger partial charge in [0.05, 0.1) is 19.8 Å². The van der Waals surface area contributed by atoms with E-state index in [4.69, 9.17) is 9.47 Å². The van der Waals surface area contributed by atoms with Gasteiger partial charge in [-0.05, 0) is 0 Å². The number of aromatic nitrogens is 2. The van der Waals surface area contributed by atoms with Crippen LogP contribution in [0.5, 0.6) is 0 Å². The third-order valence-corrected chi connectivity index (χ3v) is 3.72. The monoisotopic (exact) mass is 237 g/mol. The maximum atomic E-state index is 5.72. The molecule has 1 aromatic rings. The third-order valence-electron chi connectivity index (χ3n) is 3.72. The fraction of sp³-hybridized carbons (Fsp3) is 0.750. The number of hydrogen-bond donors (Lipinski definition) is 0. The predicted molar refractivity (Wildman–Crippen MR) is 62.4 cm³/mol. The summed E-state index contributed by atoms with van der Waals surface area (Å²) in [6.07, 6.45) is 5.78. The average Bonchev–Trinajstić information content (AvgIpc) is 2.94. The zero-order valence-corrected chi connectivity index (χ0v) is 10.3. The average molecular weight is 237 g/mol. The van der Waals surface area contributed by atoms with Crippen LogP contribution >= 0.6 is 0 Å². The van der Waals surface area contributed by atoms with Gasteiger partial charge in [-0.25, -0.2) is 4.98 Å². The summed E-state index contributed by atoms with van der Waals surface area (Å²) in [7, 11) is 2.04. The van der Waals surface area contributed by atoms with Crippen molar-refractivity contribution in [3.05, 3.63) is 18.2 Å². The highest BCUT2D eigenvalue weighted by Gasteiger charge is 2.39. The van der Waals surface area contributed by atoms with Gasteiger partial charge in [-0.2, -0.15) is 0 Å². The molecule has 3 rings (SSSR count). The van der Waals surface area contributed by atoms with Gasteiger partial charge in [0.15, 0.2) is 5.79 Å². The number of piperidine rings is 1. The summed E-state index contributed by atoms with van der Waals surface area (Å²) < 4.78 is 13.5. The van der Waals surface area contributed by atoms with Crippen LogP contribution in [-0.2, 0) is 23.1 Å². The molecule has 0 saturated carbocycles. The fourth-order valence-electron chi connectivity index (χ4n) is 2.59. The standard InChI is InChI=1S/C12H19N3O2/c1-14-7-4-13-11(14)10-15-5-2-12(3-6-15)16-8-9-17-12/h4,7H,2-3,5-6,8-10H2,1H3. The molecule has 2 aliphatic rings. The number of likely N-dealkylation sites (tertiary alicyclic amines) is 1. The summed E-state index contributed by atoms with van der Waals surface area (Å²) in [4.78, 5) is 6.77. The summed E-state index contributed by atoms with van der Waals surface area (Å²) >= 11 is 0. The van der Waals surface area contributed by atoms with Crippen LogP contribution in [0.4, 0.5) is 0 Å². The van der Waals surface area contributed by atoms with Gasteiger partial charge in [-0.1, -0.05) is 0 Å². The molecule has 0 aromatic carbocycles. The number of aryl methyl sites for hydroxylation is 1. The molecule has 0 N–H and O–H groups in total. The smallest absolute Gasteiger partial charge is 0.170 e. The van der Waals surface area contributed by atoms with Crippen molar-refractivity contribution < 1.29 is 9.47 Å². The molecule has 5 heteroatoms. The molecule has 3 heterocycles. The molecule has 5 nitrogen and oxygen atoms in total. The number of ether oxygens (including phenoxy) is 2. The van der Waals surface area contributed by atoms with Crippen LogP contribution in [-0.4, -0.2) is 46.5 Å². The zero-order chi connectivity index (χ0) is 11.7. The van der Waals surface area contributed by atoms with Gasteiger partial charge in [0, 0.05) is 45.4 Å². The molecule has 0 aliphatic carbocycles. The first-order valence-corrected chi connectivity index (χ1v) is 6.24. The molecular weight excluding hydrogens is 218 g/mol. The molecular formula is C12H19N3O2. The predicted octanol–water partition coefficient (Wildman–Crippen LogP) is 0.759. The van der Waals surface area contributed by atoms with E-state index in [1.807, 2.05) is 19.4 Å². The van der Waals surface area contributed by atoms with Gasteiger partial charge in [0.25, 0.3) is 0 Å². The van der Waals surface area contributed by atoms with E-state index in [9.17, 15) is 0 Å². The van der Waals surface area contributed by atoms with E-state index < -0.39 is 0 Å². The van der Waals surface area contributed by atoms with Crippen molar-refractivity contribution in [2.45, 2.75) is 25.2 Å². The third kappa shape index (κ3) is 2.22. The van der Waals surface area contributed by atoms with E-state index in [-0.39, 0.29) is 5.79 Å². The second kappa shape index (κ2) is 4.40. The highest BCUT2D eigenvalue weighted by molar-refractivity contribution is 4.92. The summed E-state index contributed by atoms with van der Waals surface area (Å²) in [5.74, 6) is 0.854. The van der Waals surface area contributed by atoms with Gasteiger partial charge in [0.2, 0.25) is 0 Å². The topological polar surface area (TPSA) is 39.5 Å². The summed E-state index contributed by atoms with van der Waals surface area (Å²) in [5, 5.41) is 0. The van der Waals surface area contributed by atoms with Crippen molar-refractivity contribution in [1.29, 1.82) is 0 Å². The van der Waals surface area contributed by atoms with E-state index >= 15 is 0 Å². The second-order valence-electron chi connectivity index (χ2n) is 4.84. The van der Waals surface area contributed by atoms with Crippen LogP contribution in [0, 0.1) is 0 Å². The molecule has 0 atom stereocenters. The van der Waals surface area contributed by atoms with E-state index in [0.717, 1.165) is 51.5 Å². The van der Waals surface area contributed by atoms with Crippen molar-refractivity contribution in [3.8, 4) is 0 Å². The van der Waals surface area contributed by atoms with Gasteiger partial charge < -0.3 is 14.0 Å². The minimum atomic E-state index is -0.266. The van der Waals surface area contributed by atoms with Crippen molar-refractivity contribution in [3.63, 3.8) is 0 Å². The minimum Gasteiger partial charge on any atom is -0.347 e. The Kier molecular flexibility index (Phi) is 2.90. The number of nitrogens with zero attached hydrogens (tertiary/aromatic N) is 3.